The molecule has 0 aromatic carbocycles. The molecule has 0 fully saturated rings. The van der Waals surface area contributed by atoms with Crippen molar-refractivity contribution in [1.82, 2.24) is 0 Å². The zero-order valence-corrected chi connectivity index (χ0v) is 5.34. The van der Waals surface area contributed by atoms with Gasteiger partial charge in [-0.15, -0.1) is 0 Å². The molecule has 0 aliphatic heterocycles. The Morgan fingerprint density at radius 2 is 1.00 bits per heavy atom. The van der Waals surface area contributed by atoms with Crippen LogP contribution in [-0.2, 0) is 2.92 Å². The summed E-state index contributed by atoms with van der Waals surface area (Å²) in [7, 11) is 0. The first-order valence-corrected chi connectivity index (χ1v) is 1.60. The van der Waals surface area contributed by atoms with Crippen LogP contribution in [0.2, 0.25) is 0 Å². The van der Waals surface area contributed by atoms with Crippen LogP contribution < -0.4 is 0 Å². The predicted octanol–water partition coefficient (Wildman–Crippen LogP) is -0.0266. The molecule has 0 amide bonds. The standard InChI is InChI=1S/Br2O.2H2O/c1-3-2;;/h;2*1H2. The fourth-order valence-electron chi connectivity index (χ4n) is 0. The fraction of sp³-hybridized carbons (Fsp3) is 0. The van der Waals surface area contributed by atoms with Crippen LogP contribution in [0.5, 0.6) is 0 Å². The maximum Gasteiger partial charge on any atom is 0.115 e. The van der Waals surface area contributed by atoms with E-state index in [4.69, 9.17) is 0 Å². The number of hydrogen-bond acceptors (Lipinski definition) is 1. The molecule has 0 spiro atoms. The molecule has 5 heavy (non-hydrogen) atoms. The molecule has 4 N–H and O–H groups in total. The normalized spacial score (nSPS) is 3.60. The van der Waals surface area contributed by atoms with Gasteiger partial charge >= 0.3 is 0 Å². The van der Waals surface area contributed by atoms with Crippen molar-refractivity contribution < 1.29 is 13.9 Å². The lowest BCUT2D eigenvalue weighted by atomic mass is 16.0. The van der Waals surface area contributed by atoms with Crippen LogP contribution in [0.4, 0.5) is 0 Å². The molecule has 0 aliphatic rings. The highest BCUT2D eigenvalue weighted by molar-refractivity contribution is 9.18. The zero-order chi connectivity index (χ0) is 2.71. The van der Waals surface area contributed by atoms with Crippen LogP contribution in [0.3, 0.4) is 0 Å². The summed E-state index contributed by atoms with van der Waals surface area (Å²) in [6.45, 7) is 0. The van der Waals surface area contributed by atoms with Gasteiger partial charge in [0.15, 0.2) is 0 Å². The molecule has 0 heterocycles. The third-order valence-electron chi connectivity index (χ3n) is 0. The average molecular weight is 212 g/mol. The monoisotopic (exact) mass is 210 g/mol. The summed E-state index contributed by atoms with van der Waals surface area (Å²) in [5.74, 6) is 0. The molecule has 0 saturated heterocycles. The van der Waals surface area contributed by atoms with E-state index in [1.807, 2.05) is 0 Å². The molecule has 0 radical (unpaired) electrons. The third-order valence-corrected chi connectivity index (χ3v) is 0. The van der Waals surface area contributed by atoms with E-state index in [0.717, 1.165) is 0 Å². The molecular formula is H4Br2O3. The largest absolute Gasteiger partial charge is 0.412 e. The molecule has 0 aromatic rings. The third kappa shape index (κ3) is 55.3. The molecule has 0 unspecified atom stereocenters. The van der Waals surface area contributed by atoms with E-state index in [1.54, 1.807) is 0 Å². The first-order valence-electron chi connectivity index (χ1n) is 0.309. The average Bonchev–Trinajstić information content (AvgIpc) is 0.918. The Labute approximate surface area is 46.8 Å². The lowest BCUT2D eigenvalue weighted by Crippen LogP contribution is -1.10. The second kappa shape index (κ2) is 21.1. The van der Waals surface area contributed by atoms with Gasteiger partial charge in [-0.1, -0.05) is 0 Å². The van der Waals surface area contributed by atoms with Crippen molar-refractivity contribution in [2.75, 3.05) is 0 Å². The summed E-state index contributed by atoms with van der Waals surface area (Å²) in [4.78, 5) is 0. The zero-order valence-electron chi connectivity index (χ0n) is 2.16. The summed E-state index contributed by atoms with van der Waals surface area (Å²) < 4.78 is 3.88. The first-order chi connectivity index (χ1) is 1.41. The van der Waals surface area contributed by atoms with Crippen molar-refractivity contribution in [3.63, 3.8) is 0 Å². The van der Waals surface area contributed by atoms with Crippen molar-refractivity contribution in [1.29, 1.82) is 0 Å². The summed E-state index contributed by atoms with van der Waals surface area (Å²) >= 11 is 5.12. The van der Waals surface area contributed by atoms with Gasteiger partial charge in [-0.2, -0.15) is 0 Å². The van der Waals surface area contributed by atoms with Gasteiger partial charge in [-0.25, -0.2) is 2.92 Å². The minimum absolute atomic E-state index is 0. The Morgan fingerprint density at radius 1 is 1.00 bits per heavy atom. The molecule has 0 atom stereocenters. The molecule has 3 nitrogen and oxygen atoms in total. The maximum atomic E-state index is 3.88. The van der Waals surface area contributed by atoms with Gasteiger partial charge < -0.3 is 11.0 Å². The van der Waals surface area contributed by atoms with E-state index in [9.17, 15) is 0 Å². The topological polar surface area (TPSA) is 72.2 Å². The van der Waals surface area contributed by atoms with Crippen LogP contribution in [0.15, 0.2) is 0 Å². The Morgan fingerprint density at radius 3 is 1.00 bits per heavy atom. The minimum atomic E-state index is 0. The molecule has 5 heteroatoms. The van der Waals surface area contributed by atoms with Crippen LogP contribution in [0, 0.1) is 0 Å². The van der Waals surface area contributed by atoms with Gasteiger partial charge in [0.1, 0.15) is 32.5 Å². The van der Waals surface area contributed by atoms with Crippen LogP contribution in [0.25, 0.3) is 0 Å². The first kappa shape index (κ1) is 17.0. The molecule has 0 aliphatic carbocycles. The lowest BCUT2D eigenvalue weighted by Gasteiger charge is -1.48. The molecule has 0 bridgehead atoms. The Balaban J connectivity index is -0.0000000200. The Hall–Kier alpha value is 0.840. The van der Waals surface area contributed by atoms with Gasteiger partial charge in [-0.05, 0) is 0 Å². The Bertz CT molecular complexity index is 4.85. The molecule has 0 aromatic heterocycles. The van der Waals surface area contributed by atoms with E-state index < -0.39 is 0 Å². The maximum absolute atomic E-state index is 3.88. The van der Waals surface area contributed by atoms with E-state index >= 15 is 0 Å². The van der Waals surface area contributed by atoms with Crippen molar-refractivity contribution in [3.05, 3.63) is 0 Å². The molecule has 36 valence electrons. The van der Waals surface area contributed by atoms with Crippen molar-refractivity contribution >= 4 is 32.5 Å². The van der Waals surface area contributed by atoms with Crippen molar-refractivity contribution in [2.24, 2.45) is 0 Å². The van der Waals surface area contributed by atoms with Crippen LogP contribution >= 0.6 is 32.5 Å². The van der Waals surface area contributed by atoms with Gasteiger partial charge in [0.05, 0.1) is 0 Å². The molecule has 0 saturated carbocycles. The van der Waals surface area contributed by atoms with E-state index in [2.05, 4.69) is 35.4 Å². The minimum Gasteiger partial charge on any atom is -0.412 e. The highest BCUT2D eigenvalue weighted by Crippen LogP contribution is 1.88. The van der Waals surface area contributed by atoms with E-state index in [0.29, 0.717) is 0 Å². The highest BCUT2D eigenvalue weighted by atomic mass is 79.9. The summed E-state index contributed by atoms with van der Waals surface area (Å²) in [6.07, 6.45) is 0. The number of halogens is 2. The number of rotatable bonds is 0. The SMILES string of the molecule is BrOBr.O.O. The molecule has 0 rings (SSSR count). The predicted molar refractivity (Wildman–Crippen MR) is 26.2 cm³/mol. The Kier molecular flexibility index (Phi) is 71.5. The number of hydrogen-bond donors (Lipinski definition) is 0. The summed E-state index contributed by atoms with van der Waals surface area (Å²) in [6, 6.07) is 0. The van der Waals surface area contributed by atoms with Gasteiger partial charge in [0.25, 0.3) is 0 Å². The smallest absolute Gasteiger partial charge is 0.115 e. The quantitative estimate of drug-likeness (QED) is 0.555. The van der Waals surface area contributed by atoms with Crippen molar-refractivity contribution in [3.8, 4) is 0 Å². The second-order valence-corrected chi connectivity index (χ2v) is 1.57. The van der Waals surface area contributed by atoms with Gasteiger partial charge in [0, 0.05) is 0 Å². The highest BCUT2D eigenvalue weighted by Gasteiger charge is 1.37. The summed E-state index contributed by atoms with van der Waals surface area (Å²) in [5.41, 5.74) is 0. The lowest BCUT2D eigenvalue weighted by molar-refractivity contribution is 0.823. The van der Waals surface area contributed by atoms with Gasteiger partial charge in [0.2, 0.25) is 0 Å². The van der Waals surface area contributed by atoms with Crippen molar-refractivity contribution in [2.45, 2.75) is 0 Å². The van der Waals surface area contributed by atoms with E-state index in [-0.39, 0.29) is 11.0 Å². The molecular weight excluding hydrogens is 208 g/mol. The fourth-order valence-corrected chi connectivity index (χ4v) is 0. The van der Waals surface area contributed by atoms with Crippen LogP contribution in [0.1, 0.15) is 0 Å². The van der Waals surface area contributed by atoms with Crippen LogP contribution in [-0.4, -0.2) is 11.0 Å². The summed E-state index contributed by atoms with van der Waals surface area (Å²) in [5, 5.41) is 0. The van der Waals surface area contributed by atoms with Gasteiger partial charge in [-0.3, -0.25) is 0 Å². The second-order valence-electron chi connectivity index (χ2n) is 0.0583. The van der Waals surface area contributed by atoms with E-state index in [1.165, 1.54) is 0 Å².